The van der Waals surface area contributed by atoms with Crippen molar-refractivity contribution in [1.29, 1.82) is 0 Å². The average molecular weight is 339 g/mol. The summed E-state index contributed by atoms with van der Waals surface area (Å²) in [6.07, 6.45) is 5.43. The van der Waals surface area contributed by atoms with Crippen molar-refractivity contribution in [2.75, 3.05) is 12.9 Å². The molecule has 0 atom stereocenters. The van der Waals surface area contributed by atoms with Crippen LogP contribution in [0, 0.1) is 0 Å². The Labute approximate surface area is 144 Å². The first kappa shape index (κ1) is 16.3. The molecule has 1 aromatic carbocycles. The molecule has 3 aromatic rings. The molecule has 122 valence electrons. The van der Waals surface area contributed by atoms with E-state index in [-0.39, 0.29) is 5.69 Å². The zero-order valence-corrected chi connectivity index (χ0v) is 14.3. The van der Waals surface area contributed by atoms with Gasteiger partial charge in [-0.1, -0.05) is 12.1 Å². The molecular formula is C18H17N3O2S. The van der Waals surface area contributed by atoms with Crippen molar-refractivity contribution in [2.45, 2.75) is 11.8 Å². The van der Waals surface area contributed by atoms with Crippen molar-refractivity contribution in [3.05, 3.63) is 60.6 Å². The van der Waals surface area contributed by atoms with Crippen LogP contribution in [0.4, 0.5) is 0 Å². The quantitative estimate of drug-likeness (QED) is 0.522. The average Bonchev–Trinajstić information content (AvgIpc) is 3.08. The number of carbonyl (C=O) groups excluding carboxylic acids is 1. The summed E-state index contributed by atoms with van der Waals surface area (Å²) in [5, 5.41) is 4.43. The van der Waals surface area contributed by atoms with Gasteiger partial charge in [-0.05, 0) is 43.5 Å². The third-order valence-corrected chi connectivity index (χ3v) is 4.23. The Balaban J connectivity index is 2.09. The van der Waals surface area contributed by atoms with Crippen molar-refractivity contribution in [2.24, 2.45) is 0 Å². The Morgan fingerprint density at radius 2 is 1.88 bits per heavy atom. The van der Waals surface area contributed by atoms with E-state index in [0.717, 1.165) is 16.9 Å². The summed E-state index contributed by atoms with van der Waals surface area (Å²) in [7, 11) is 0. The van der Waals surface area contributed by atoms with Crippen LogP contribution in [-0.4, -0.2) is 33.6 Å². The molecule has 0 saturated heterocycles. The zero-order chi connectivity index (χ0) is 16.9. The number of esters is 1. The minimum absolute atomic E-state index is 0.289. The summed E-state index contributed by atoms with van der Waals surface area (Å²) in [6.45, 7) is 2.10. The van der Waals surface area contributed by atoms with Gasteiger partial charge in [-0.25, -0.2) is 9.48 Å². The molecule has 0 spiro atoms. The van der Waals surface area contributed by atoms with Crippen molar-refractivity contribution in [1.82, 2.24) is 14.8 Å². The number of rotatable bonds is 5. The smallest absolute Gasteiger partial charge is 0.358 e. The number of hydrogen-bond acceptors (Lipinski definition) is 5. The van der Waals surface area contributed by atoms with Crippen LogP contribution < -0.4 is 0 Å². The Kier molecular flexibility index (Phi) is 4.96. The predicted octanol–water partition coefficient (Wildman–Crippen LogP) is 3.83. The highest BCUT2D eigenvalue weighted by Gasteiger charge is 2.17. The highest BCUT2D eigenvalue weighted by molar-refractivity contribution is 7.98. The van der Waals surface area contributed by atoms with E-state index in [0.29, 0.717) is 6.61 Å². The first-order chi connectivity index (χ1) is 11.7. The van der Waals surface area contributed by atoms with Crippen LogP contribution in [0.5, 0.6) is 0 Å². The molecule has 0 aliphatic rings. The summed E-state index contributed by atoms with van der Waals surface area (Å²) in [6, 6.07) is 13.6. The Hall–Kier alpha value is -2.60. The standard InChI is InChI=1S/C18H17N3O2S/c1-3-23-18(22)16-12-17(13-4-6-15(24-2)7-5-13)21(20-16)14-8-10-19-11-9-14/h4-12H,3H2,1-2H3. The maximum absolute atomic E-state index is 12.1. The number of nitrogens with zero attached hydrogens (tertiary/aromatic N) is 3. The molecule has 0 radical (unpaired) electrons. The van der Waals surface area contributed by atoms with E-state index < -0.39 is 5.97 Å². The molecule has 0 fully saturated rings. The molecule has 0 aliphatic carbocycles. The fourth-order valence-corrected chi connectivity index (χ4v) is 2.74. The van der Waals surface area contributed by atoms with Gasteiger partial charge in [0.25, 0.3) is 0 Å². The van der Waals surface area contributed by atoms with Gasteiger partial charge in [0.05, 0.1) is 18.0 Å². The summed E-state index contributed by atoms with van der Waals surface area (Å²) in [5.41, 5.74) is 2.94. The van der Waals surface area contributed by atoms with Crippen LogP contribution in [0.3, 0.4) is 0 Å². The number of ether oxygens (including phenoxy) is 1. The van der Waals surface area contributed by atoms with Crippen LogP contribution >= 0.6 is 11.8 Å². The molecule has 0 bridgehead atoms. The maximum atomic E-state index is 12.1. The van der Waals surface area contributed by atoms with E-state index in [1.54, 1.807) is 41.8 Å². The lowest BCUT2D eigenvalue weighted by molar-refractivity contribution is 0.0519. The van der Waals surface area contributed by atoms with Crippen molar-refractivity contribution in [3.63, 3.8) is 0 Å². The molecule has 5 nitrogen and oxygen atoms in total. The van der Waals surface area contributed by atoms with Crippen LogP contribution in [0.1, 0.15) is 17.4 Å². The highest BCUT2D eigenvalue weighted by atomic mass is 32.2. The molecule has 0 N–H and O–H groups in total. The molecule has 3 rings (SSSR count). The zero-order valence-electron chi connectivity index (χ0n) is 13.5. The predicted molar refractivity (Wildman–Crippen MR) is 94.5 cm³/mol. The van der Waals surface area contributed by atoms with Gasteiger partial charge < -0.3 is 4.74 Å². The van der Waals surface area contributed by atoms with Crippen LogP contribution in [0.25, 0.3) is 16.9 Å². The van der Waals surface area contributed by atoms with E-state index in [2.05, 4.69) is 10.1 Å². The highest BCUT2D eigenvalue weighted by Crippen LogP contribution is 2.26. The number of aromatic nitrogens is 3. The van der Waals surface area contributed by atoms with Crippen LogP contribution in [0.15, 0.2) is 59.8 Å². The SMILES string of the molecule is CCOC(=O)c1cc(-c2ccc(SC)cc2)n(-c2ccncc2)n1. The fourth-order valence-electron chi connectivity index (χ4n) is 2.34. The molecule has 24 heavy (non-hydrogen) atoms. The van der Waals surface area contributed by atoms with Gasteiger partial charge in [-0.15, -0.1) is 11.8 Å². The minimum atomic E-state index is -0.424. The van der Waals surface area contributed by atoms with Gasteiger partial charge in [0, 0.05) is 22.9 Å². The maximum Gasteiger partial charge on any atom is 0.358 e. The second-order valence-corrected chi connectivity index (χ2v) is 5.86. The number of thioether (sulfide) groups is 1. The number of carbonyl (C=O) groups is 1. The molecular weight excluding hydrogens is 322 g/mol. The fraction of sp³-hybridized carbons (Fsp3) is 0.167. The third-order valence-electron chi connectivity index (χ3n) is 3.49. The van der Waals surface area contributed by atoms with Crippen LogP contribution in [-0.2, 0) is 4.74 Å². The Morgan fingerprint density at radius 3 is 2.50 bits per heavy atom. The molecule has 2 heterocycles. The van der Waals surface area contributed by atoms with Crippen molar-refractivity contribution >= 4 is 17.7 Å². The topological polar surface area (TPSA) is 57.0 Å². The summed E-state index contributed by atoms with van der Waals surface area (Å²) in [5.74, 6) is -0.424. The monoisotopic (exact) mass is 339 g/mol. The van der Waals surface area contributed by atoms with Gasteiger partial charge in [0.2, 0.25) is 0 Å². The van der Waals surface area contributed by atoms with Gasteiger partial charge in [0.15, 0.2) is 5.69 Å². The minimum Gasteiger partial charge on any atom is -0.461 e. The second kappa shape index (κ2) is 7.31. The van der Waals surface area contributed by atoms with E-state index in [4.69, 9.17) is 4.74 Å². The van der Waals surface area contributed by atoms with Crippen molar-refractivity contribution in [3.8, 4) is 16.9 Å². The number of pyridine rings is 1. The summed E-state index contributed by atoms with van der Waals surface area (Å²) >= 11 is 1.69. The Bertz CT molecular complexity index is 829. The number of benzene rings is 1. The lowest BCUT2D eigenvalue weighted by Crippen LogP contribution is -2.06. The molecule has 0 aliphatic heterocycles. The van der Waals surface area contributed by atoms with Gasteiger partial charge in [-0.2, -0.15) is 5.10 Å². The van der Waals surface area contributed by atoms with Gasteiger partial charge in [0.1, 0.15) is 0 Å². The van der Waals surface area contributed by atoms with E-state index in [9.17, 15) is 4.79 Å². The lowest BCUT2D eigenvalue weighted by atomic mass is 10.1. The molecule has 0 amide bonds. The molecule has 0 saturated carbocycles. The molecule has 6 heteroatoms. The molecule has 0 unspecified atom stereocenters. The van der Waals surface area contributed by atoms with E-state index >= 15 is 0 Å². The van der Waals surface area contributed by atoms with Gasteiger partial charge in [-0.3, -0.25) is 4.98 Å². The first-order valence-electron chi connectivity index (χ1n) is 7.55. The molecule has 2 aromatic heterocycles. The van der Waals surface area contributed by atoms with Crippen molar-refractivity contribution < 1.29 is 9.53 Å². The largest absolute Gasteiger partial charge is 0.461 e. The normalized spacial score (nSPS) is 10.6. The third kappa shape index (κ3) is 3.33. The summed E-state index contributed by atoms with van der Waals surface area (Å²) in [4.78, 5) is 17.3. The second-order valence-electron chi connectivity index (χ2n) is 4.98. The first-order valence-corrected chi connectivity index (χ1v) is 8.77. The van der Waals surface area contributed by atoms with Gasteiger partial charge >= 0.3 is 5.97 Å². The Morgan fingerprint density at radius 1 is 1.17 bits per heavy atom. The number of hydrogen-bond donors (Lipinski definition) is 0. The summed E-state index contributed by atoms with van der Waals surface area (Å²) < 4.78 is 6.81. The van der Waals surface area contributed by atoms with E-state index in [1.807, 2.05) is 42.7 Å². The van der Waals surface area contributed by atoms with Crippen LogP contribution in [0.2, 0.25) is 0 Å². The van der Waals surface area contributed by atoms with E-state index in [1.165, 1.54) is 4.90 Å². The lowest BCUT2D eigenvalue weighted by Gasteiger charge is -2.07.